The summed E-state index contributed by atoms with van der Waals surface area (Å²) in [7, 11) is -2.46. The highest BCUT2D eigenvalue weighted by molar-refractivity contribution is 7.89. The van der Waals surface area contributed by atoms with Crippen LogP contribution in [0.25, 0.3) is 0 Å². The maximum absolute atomic E-state index is 12.3. The highest BCUT2D eigenvalue weighted by atomic mass is 32.2. The molecule has 1 rings (SSSR count). The molecule has 0 fully saturated rings. The molecule has 1 heterocycles. The summed E-state index contributed by atoms with van der Waals surface area (Å²) >= 11 is 0. The largest absolute Gasteiger partial charge is 0.360 e. The van der Waals surface area contributed by atoms with Gasteiger partial charge in [-0.2, -0.15) is 4.31 Å². The third kappa shape index (κ3) is 3.42. The first-order valence-electron chi connectivity index (χ1n) is 5.57. The summed E-state index contributed by atoms with van der Waals surface area (Å²) in [6.07, 6.45) is 1.51. The summed E-state index contributed by atoms with van der Waals surface area (Å²) < 4.78 is 30.3. The van der Waals surface area contributed by atoms with Gasteiger partial charge in [-0.05, 0) is 13.8 Å². The highest BCUT2D eigenvalue weighted by Gasteiger charge is 2.29. The van der Waals surface area contributed by atoms with E-state index in [0.717, 1.165) is 4.31 Å². The van der Waals surface area contributed by atoms with Crippen LogP contribution in [0, 0.1) is 13.8 Å². The zero-order chi connectivity index (χ0) is 14.6. The Morgan fingerprint density at radius 3 is 2.63 bits per heavy atom. The molecule has 19 heavy (non-hydrogen) atoms. The smallest absolute Gasteiger partial charge is 0.248 e. The monoisotopic (exact) mass is 287 g/mol. The van der Waals surface area contributed by atoms with Crippen molar-refractivity contribution in [3.63, 3.8) is 0 Å². The number of likely N-dealkylation sites (N-methyl/N-ethyl adjacent to an activating group) is 1. The Balaban J connectivity index is 2.89. The van der Waals surface area contributed by atoms with Gasteiger partial charge in [-0.15, -0.1) is 6.58 Å². The second-order valence-electron chi connectivity index (χ2n) is 4.01. The molecule has 0 saturated heterocycles. The second-order valence-corrected chi connectivity index (χ2v) is 5.99. The summed E-state index contributed by atoms with van der Waals surface area (Å²) in [5.41, 5.74) is 0.274. The molecule has 7 nitrogen and oxygen atoms in total. The van der Waals surface area contributed by atoms with Crippen molar-refractivity contribution in [1.82, 2.24) is 14.8 Å². The topological polar surface area (TPSA) is 92.5 Å². The lowest BCUT2D eigenvalue weighted by molar-refractivity contribution is -0.120. The lowest BCUT2D eigenvalue weighted by atomic mass is 10.4. The fraction of sp³-hybridized carbons (Fsp3) is 0.455. The Kier molecular flexibility index (Phi) is 4.84. The minimum atomic E-state index is -3.79. The van der Waals surface area contributed by atoms with Crippen molar-refractivity contribution in [2.75, 3.05) is 20.1 Å². The molecule has 1 N–H and O–H groups in total. The van der Waals surface area contributed by atoms with Gasteiger partial charge in [0.25, 0.3) is 0 Å². The molecular formula is C11H17N3O4S. The summed E-state index contributed by atoms with van der Waals surface area (Å²) in [6, 6.07) is 0. The molecule has 1 aromatic heterocycles. The van der Waals surface area contributed by atoms with Gasteiger partial charge < -0.3 is 9.84 Å². The predicted molar refractivity (Wildman–Crippen MR) is 69.0 cm³/mol. The van der Waals surface area contributed by atoms with E-state index in [2.05, 4.69) is 17.1 Å². The molecule has 1 amide bonds. The SMILES string of the molecule is C=CCNC(=O)CN(C)S(=O)(=O)c1c(C)noc1C. The lowest BCUT2D eigenvalue weighted by Gasteiger charge is -2.16. The van der Waals surface area contributed by atoms with Gasteiger partial charge in [0.2, 0.25) is 15.9 Å². The van der Waals surface area contributed by atoms with Gasteiger partial charge in [-0.25, -0.2) is 8.42 Å². The number of hydrogen-bond donors (Lipinski definition) is 1. The van der Waals surface area contributed by atoms with Crippen LogP contribution in [0.5, 0.6) is 0 Å². The first kappa shape index (κ1) is 15.4. The summed E-state index contributed by atoms with van der Waals surface area (Å²) in [5.74, 6) is -0.200. The van der Waals surface area contributed by atoms with Crippen LogP contribution in [0.1, 0.15) is 11.5 Å². The molecule has 0 aliphatic carbocycles. The molecule has 0 radical (unpaired) electrons. The molecular weight excluding hydrogens is 270 g/mol. The van der Waals surface area contributed by atoms with Gasteiger partial charge in [0.1, 0.15) is 10.6 Å². The van der Waals surface area contributed by atoms with E-state index in [1.807, 2.05) is 0 Å². The molecule has 0 spiro atoms. The van der Waals surface area contributed by atoms with Crippen LogP contribution in [0.3, 0.4) is 0 Å². The maximum Gasteiger partial charge on any atom is 0.248 e. The van der Waals surface area contributed by atoms with Gasteiger partial charge in [0.15, 0.2) is 5.76 Å². The van der Waals surface area contributed by atoms with E-state index >= 15 is 0 Å². The average Bonchev–Trinajstić information content (AvgIpc) is 2.66. The number of nitrogens with zero attached hydrogens (tertiary/aromatic N) is 2. The third-order valence-corrected chi connectivity index (χ3v) is 4.49. The number of carbonyl (C=O) groups excluding carboxylic acids is 1. The zero-order valence-electron chi connectivity index (χ0n) is 11.1. The fourth-order valence-electron chi connectivity index (χ4n) is 1.53. The number of aromatic nitrogens is 1. The lowest BCUT2D eigenvalue weighted by Crippen LogP contribution is -2.38. The minimum absolute atomic E-state index is 0.00604. The van der Waals surface area contributed by atoms with E-state index in [1.54, 1.807) is 0 Å². The summed E-state index contributed by atoms with van der Waals surface area (Å²) in [5, 5.41) is 6.11. The van der Waals surface area contributed by atoms with Crippen molar-refractivity contribution in [1.29, 1.82) is 0 Å². The van der Waals surface area contributed by atoms with Gasteiger partial charge in [-0.1, -0.05) is 11.2 Å². The second kappa shape index (κ2) is 5.98. The van der Waals surface area contributed by atoms with Crippen LogP contribution in [0.4, 0.5) is 0 Å². The average molecular weight is 287 g/mol. The van der Waals surface area contributed by atoms with E-state index in [-0.39, 0.29) is 29.4 Å². The van der Waals surface area contributed by atoms with Gasteiger partial charge in [0, 0.05) is 13.6 Å². The number of carbonyl (C=O) groups is 1. The van der Waals surface area contributed by atoms with Crippen molar-refractivity contribution in [3.8, 4) is 0 Å². The van der Waals surface area contributed by atoms with Crippen molar-refractivity contribution in [2.24, 2.45) is 0 Å². The summed E-state index contributed by atoms with van der Waals surface area (Å²) in [4.78, 5) is 11.5. The van der Waals surface area contributed by atoms with Crippen molar-refractivity contribution in [2.45, 2.75) is 18.7 Å². The highest BCUT2D eigenvalue weighted by Crippen LogP contribution is 2.21. The van der Waals surface area contributed by atoms with Crippen LogP contribution in [0.15, 0.2) is 22.1 Å². The minimum Gasteiger partial charge on any atom is -0.360 e. The Morgan fingerprint density at radius 1 is 1.53 bits per heavy atom. The Morgan fingerprint density at radius 2 is 2.16 bits per heavy atom. The number of amides is 1. The molecule has 0 aliphatic rings. The molecule has 8 heteroatoms. The van der Waals surface area contributed by atoms with Crippen molar-refractivity contribution >= 4 is 15.9 Å². The van der Waals surface area contributed by atoms with Gasteiger partial charge >= 0.3 is 0 Å². The quantitative estimate of drug-likeness (QED) is 0.755. The van der Waals surface area contributed by atoms with Crippen LogP contribution < -0.4 is 5.32 Å². The molecule has 1 aromatic rings. The van der Waals surface area contributed by atoms with E-state index in [9.17, 15) is 13.2 Å². The summed E-state index contributed by atoms with van der Waals surface area (Å²) in [6.45, 7) is 6.52. The number of sulfonamides is 1. The standard InChI is InChI=1S/C11H17N3O4S/c1-5-6-12-10(15)7-14(4)19(16,17)11-8(2)13-18-9(11)3/h5H,1,6-7H2,2-4H3,(H,12,15). The van der Waals surface area contributed by atoms with E-state index in [1.165, 1.54) is 27.0 Å². The maximum atomic E-state index is 12.3. The zero-order valence-corrected chi connectivity index (χ0v) is 12.0. The van der Waals surface area contributed by atoms with E-state index < -0.39 is 15.9 Å². The van der Waals surface area contributed by atoms with Gasteiger partial charge in [-0.3, -0.25) is 4.79 Å². The molecule has 0 aromatic carbocycles. The van der Waals surface area contributed by atoms with Crippen LogP contribution >= 0.6 is 0 Å². The molecule has 0 bridgehead atoms. The molecule has 0 saturated carbocycles. The van der Waals surface area contributed by atoms with Crippen LogP contribution in [-0.4, -0.2) is 43.9 Å². The number of nitrogens with one attached hydrogen (secondary N) is 1. The Bertz CT molecular complexity index is 557. The van der Waals surface area contributed by atoms with E-state index in [4.69, 9.17) is 4.52 Å². The van der Waals surface area contributed by atoms with Crippen LogP contribution in [-0.2, 0) is 14.8 Å². The van der Waals surface area contributed by atoms with Crippen LogP contribution in [0.2, 0.25) is 0 Å². The molecule has 106 valence electrons. The first-order valence-corrected chi connectivity index (χ1v) is 7.01. The number of hydrogen-bond acceptors (Lipinski definition) is 5. The molecule has 0 unspecified atom stereocenters. The van der Waals surface area contributed by atoms with E-state index in [0.29, 0.717) is 0 Å². The molecule has 0 aliphatic heterocycles. The Labute approximate surface area is 112 Å². The predicted octanol–water partition coefficient (Wildman–Crippen LogP) is 0.214. The number of aryl methyl sites for hydroxylation is 2. The molecule has 0 atom stereocenters. The Hall–Kier alpha value is -1.67. The third-order valence-electron chi connectivity index (χ3n) is 2.45. The van der Waals surface area contributed by atoms with Crippen molar-refractivity contribution < 1.29 is 17.7 Å². The van der Waals surface area contributed by atoms with Gasteiger partial charge in [0.05, 0.1) is 6.54 Å². The first-order chi connectivity index (χ1) is 8.80. The van der Waals surface area contributed by atoms with Crippen molar-refractivity contribution in [3.05, 3.63) is 24.1 Å². The number of rotatable bonds is 6. The normalized spacial score (nSPS) is 11.6. The fourth-order valence-corrected chi connectivity index (χ4v) is 2.94.